The van der Waals surface area contributed by atoms with Crippen LogP contribution in [-0.4, -0.2) is 61.3 Å². The van der Waals surface area contributed by atoms with Crippen LogP contribution in [0, 0.1) is 0 Å². The number of likely N-dealkylation sites (tertiary alicyclic amines) is 1. The van der Waals surface area contributed by atoms with Gasteiger partial charge >= 0.3 is 17.8 Å². The van der Waals surface area contributed by atoms with Gasteiger partial charge in [0.2, 0.25) is 0 Å². The van der Waals surface area contributed by atoms with E-state index in [-0.39, 0.29) is 36.2 Å². The number of para-hydroxylation sites is 2. The summed E-state index contributed by atoms with van der Waals surface area (Å²) in [5.74, 6) is -0.265. The van der Waals surface area contributed by atoms with E-state index in [1.807, 2.05) is 65.2 Å². The maximum Gasteiger partial charge on any atom is 0.407 e. The van der Waals surface area contributed by atoms with Crippen LogP contribution in [0.15, 0.2) is 89.7 Å². The van der Waals surface area contributed by atoms with E-state index in [0.717, 1.165) is 17.5 Å². The van der Waals surface area contributed by atoms with E-state index in [9.17, 15) is 19.5 Å². The average molecular weight is 613 g/mol. The molecule has 9 heteroatoms. The van der Waals surface area contributed by atoms with Crippen molar-refractivity contribution in [3.8, 4) is 0 Å². The van der Waals surface area contributed by atoms with Gasteiger partial charge in [0.1, 0.15) is 0 Å². The van der Waals surface area contributed by atoms with Gasteiger partial charge in [0.25, 0.3) is 0 Å². The van der Waals surface area contributed by atoms with Gasteiger partial charge < -0.3 is 14.7 Å². The van der Waals surface area contributed by atoms with Crippen molar-refractivity contribution in [2.24, 2.45) is 0 Å². The summed E-state index contributed by atoms with van der Waals surface area (Å²) >= 11 is 0. The fourth-order valence-electron chi connectivity index (χ4n) is 6.93. The number of hydrogen-bond acceptors (Lipinski definition) is 5. The van der Waals surface area contributed by atoms with Crippen molar-refractivity contribution in [1.82, 2.24) is 18.9 Å². The van der Waals surface area contributed by atoms with E-state index < -0.39 is 6.09 Å². The summed E-state index contributed by atoms with van der Waals surface area (Å²) in [7, 11) is 0. The third-order valence-corrected chi connectivity index (χ3v) is 8.95. The summed E-state index contributed by atoms with van der Waals surface area (Å²) in [6.07, 6.45) is 1.65. The topological polar surface area (TPSA) is 97.0 Å². The molecule has 45 heavy (non-hydrogen) atoms. The Morgan fingerprint density at radius 2 is 1.51 bits per heavy atom. The second kappa shape index (κ2) is 15.1. The summed E-state index contributed by atoms with van der Waals surface area (Å²) in [6.45, 7) is 6.36. The molecule has 3 aromatic carbocycles. The number of ether oxygens (including phenoxy) is 1. The molecule has 1 aliphatic rings. The molecule has 5 rings (SSSR count). The van der Waals surface area contributed by atoms with Crippen molar-refractivity contribution in [2.45, 2.75) is 83.7 Å². The van der Waals surface area contributed by atoms with Gasteiger partial charge in [0.05, 0.1) is 23.7 Å². The largest absolute Gasteiger partial charge is 0.466 e. The molecule has 1 fully saturated rings. The molecule has 0 bridgehead atoms. The summed E-state index contributed by atoms with van der Waals surface area (Å²) in [5, 5.41) is 10.4. The lowest BCUT2D eigenvalue weighted by molar-refractivity contribution is -0.143. The van der Waals surface area contributed by atoms with Crippen LogP contribution in [0.5, 0.6) is 0 Å². The molecule has 1 amide bonds. The molecular formula is C36H44N4O5. The molecule has 0 radical (unpaired) electrons. The van der Waals surface area contributed by atoms with Gasteiger partial charge in [0.15, 0.2) is 0 Å². The van der Waals surface area contributed by atoms with Crippen LogP contribution in [0.2, 0.25) is 0 Å². The highest BCUT2D eigenvalue weighted by Gasteiger charge is 2.40. The lowest BCUT2D eigenvalue weighted by Crippen LogP contribution is -2.56. The monoisotopic (exact) mass is 612 g/mol. The number of piperidine rings is 1. The molecule has 1 aromatic heterocycles. The van der Waals surface area contributed by atoms with Crippen molar-refractivity contribution in [3.63, 3.8) is 0 Å². The average Bonchev–Trinajstić information content (AvgIpc) is 3.33. The van der Waals surface area contributed by atoms with E-state index in [4.69, 9.17) is 4.74 Å². The number of aromatic nitrogens is 2. The Morgan fingerprint density at radius 3 is 2.09 bits per heavy atom. The number of nitrogens with zero attached hydrogens (tertiary/aromatic N) is 4. The summed E-state index contributed by atoms with van der Waals surface area (Å²) in [6, 6.07) is 27.8. The number of carbonyl (C=O) groups excluding carboxylic acids is 1. The third-order valence-electron chi connectivity index (χ3n) is 8.95. The number of rotatable bonds is 13. The first-order chi connectivity index (χ1) is 21.9. The van der Waals surface area contributed by atoms with Crippen molar-refractivity contribution in [1.29, 1.82) is 0 Å². The van der Waals surface area contributed by atoms with Crippen LogP contribution >= 0.6 is 0 Å². The molecule has 1 N–H and O–H groups in total. The zero-order chi connectivity index (χ0) is 31.8. The number of aryl methyl sites for hydroxylation is 1. The highest BCUT2D eigenvalue weighted by Crippen LogP contribution is 2.34. The van der Waals surface area contributed by atoms with Crippen molar-refractivity contribution in [2.75, 3.05) is 13.2 Å². The van der Waals surface area contributed by atoms with Crippen LogP contribution in [0.25, 0.3) is 11.0 Å². The van der Waals surface area contributed by atoms with Gasteiger partial charge in [-0.05, 0) is 55.9 Å². The van der Waals surface area contributed by atoms with E-state index in [1.54, 1.807) is 16.4 Å². The smallest absolute Gasteiger partial charge is 0.407 e. The fourth-order valence-corrected chi connectivity index (χ4v) is 6.93. The van der Waals surface area contributed by atoms with Gasteiger partial charge in [-0.15, -0.1) is 0 Å². The molecule has 4 aromatic rings. The SMILES string of the molecule is CCOC(=O)CCCn1c(=O)n(C2CCN(C(=O)O)C(C(CC)N(Cc3ccccc3)Cc3ccccc3)C2)c2ccccc21. The number of esters is 1. The van der Waals surface area contributed by atoms with Gasteiger partial charge in [0, 0.05) is 44.7 Å². The predicted octanol–water partition coefficient (Wildman–Crippen LogP) is 6.31. The Balaban J connectivity index is 1.47. The molecule has 0 saturated carbocycles. The molecule has 0 aliphatic carbocycles. The highest BCUT2D eigenvalue weighted by atomic mass is 16.5. The van der Waals surface area contributed by atoms with E-state index in [0.29, 0.717) is 52.0 Å². The van der Waals surface area contributed by atoms with Crippen LogP contribution in [0.1, 0.15) is 63.1 Å². The standard InChI is InChI=1S/C36H44N4O5/c1-3-30(37(25-27-14-7-5-8-15-27)26-28-16-9-6-10-17-28)33-24-29(21-23-39(33)36(43)44)40-32-19-12-11-18-31(32)38(35(40)42)22-13-20-34(41)45-4-2/h5-12,14-19,29-30,33H,3-4,13,20-26H2,1-2H3,(H,43,44). The second-order valence-corrected chi connectivity index (χ2v) is 11.8. The highest BCUT2D eigenvalue weighted by molar-refractivity contribution is 5.76. The molecule has 9 nitrogen and oxygen atoms in total. The Hall–Kier alpha value is -4.37. The van der Waals surface area contributed by atoms with Crippen molar-refractivity contribution in [3.05, 3.63) is 107 Å². The molecule has 3 atom stereocenters. The quantitative estimate of drug-likeness (QED) is 0.178. The minimum Gasteiger partial charge on any atom is -0.466 e. The van der Waals surface area contributed by atoms with Gasteiger partial charge in [-0.25, -0.2) is 9.59 Å². The van der Waals surface area contributed by atoms with Crippen LogP contribution in [0.4, 0.5) is 4.79 Å². The number of benzene rings is 3. The maximum absolute atomic E-state index is 14.0. The summed E-state index contributed by atoms with van der Waals surface area (Å²) < 4.78 is 8.70. The normalized spacial score (nSPS) is 17.4. The third kappa shape index (κ3) is 7.48. The summed E-state index contributed by atoms with van der Waals surface area (Å²) in [4.78, 5) is 42.7. The number of fused-ring (bicyclic) bond motifs is 1. The molecule has 3 unspecified atom stereocenters. The Bertz CT molecular complexity index is 1580. The molecule has 238 valence electrons. The second-order valence-electron chi connectivity index (χ2n) is 11.8. The maximum atomic E-state index is 14.0. The van der Waals surface area contributed by atoms with Crippen LogP contribution in [0.3, 0.4) is 0 Å². The van der Waals surface area contributed by atoms with Crippen molar-refractivity contribution < 1.29 is 19.4 Å². The first kappa shape index (κ1) is 32.0. The first-order valence-corrected chi connectivity index (χ1v) is 16.1. The van der Waals surface area contributed by atoms with Gasteiger partial charge in [-0.2, -0.15) is 0 Å². The molecule has 1 aliphatic heterocycles. The lowest BCUT2D eigenvalue weighted by atomic mass is 9.89. The molecule has 1 saturated heterocycles. The Kier molecular flexibility index (Phi) is 10.7. The molecule has 2 heterocycles. The van der Waals surface area contributed by atoms with E-state index in [1.165, 1.54) is 11.1 Å². The number of imidazole rings is 1. The minimum absolute atomic E-state index is 0.0713. The van der Waals surface area contributed by atoms with Gasteiger partial charge in [-0.1, -0.05) is 79.7 Å². The minimum atomic E-state index is -0.926. The first-order valence-electron chi connectivity index (χ1n) is 16.1. The zero-order valence-corrected chi connectivity index (χ0v) is 26.3. The zero-order valence-electron chi connectivity index (χ0n) is 26.3. The number of hydrogen-bond donors (Lipinski definition) is 1. The van der Waals surface area contributed by atoms with E-state index >= 15 is 0 Å². The van der Waals surface area contributed by atoms with Crippen LogP contribution in [-0.2, 0) is 29.2 Å². The number of carbonyl (C=O) groups is 2. The number of carboxylic acid groups (broad SMARTS) is 1. The Morgan fingerprint density at radius 1 is 0.911 bits per heavy atom. The molecular weight excluding hydrogens is 568 g/mol. The lowest BCUT2D eigenvalue weighted by Gasteiger charge is -2.46. The van der Waals surface area contributed by atoms with Crippen LogP contribution < -0.4 is 5.69 Å². The Labute approximate surface area is 264 Å². The predicted molar refractivity (Wildman–Crippen MR) is 175 cm³/mol. The number of amides is 1. The van der Waals surface area contributed by atoms with Gasteiger partial charge in [-0.3, -0.25) is 18.8 Å². The fraction of sp³-hybridized carbons (Fsp3) is 0.417. The van der Waals surface area contributed by atoms with E-state index in [2.05, 4.69) is 36.1 Å². The van der Waals surface area contributed by atoms with Crippen molar-refractivity contribution >= 4 is 23.1 Å². The summed E-state index contributed by atoms with van der Waals surface area (Å²) in [5.41, 5.74) is 3.88. The molecule has 0 spiro atoms.